The van der Waals surface area contributed by atoms with Gasteiger partial charge in [0.2, 0.25) is 0 Å². The van der Waals surface area contributed by atoms with E-state index in [2.05, 4.69) is 0 Å². The van der Waals surface area contributed by atoms with Gasteiger partial charge in [-0.2, -0.15) is 0 Å². The number of fused-ring (bicyclic) bond motifs is 1. The minimum absolute atomic E-state index is 0.0934. The first-order valence-corrected chi connectivity index (χ1v) is 9.82. The molecule has 146 valence electrons. The Labute approximate surface area is 178 Å². The van der Waals surface area contributed by atoms with Crippen LogP contribution >= 0.6 is 23.2 Å². The van der Waals surface area contributed by atoms with Crippen molar-refractivity contribution in [2.75, 3.05) is 4.90 Å². The van der Waals surface area contributed by atoms with Crippen LogP contribution in [0, 0.1) is 0 Å². The van der Waals surface area contributed by atoms with Crippen molar-refractivity contribution >= 4 is 40.6 Å². The van der Waals surface area contributed by atoms with Crippen LogP contribution in [0.2, 0.25) is 10.0 Å². The Morgan fingerprint density at radius 2 is 1.52 bits per heavy atom. The van der Waals surface area contributed by atoms with Crippen LogP contribution in [-0.4, -0.2) is 16.8 Å². The number of amides is 1. The Morgan fingerprint density at radius 3 is 2.21 bits per heavy atom. The molecule has 1 heterocycles. The molecule has 0 unspecified atom stereocenters. The first kappa shape index (κ1) is 19.6. The van der Waals surface area contributed by atoms with Gasteiger partial charge in [-0.15, -0.1) is 0 Å². The van der Waals surface area contributed by atoms with Crippen molar-refractivity contribution in [2.45, 2.75) is 18.6 Å². The Balaban J connectivity index is 1.72. The number of ketones is 1. The number of hydrogen-bond acceptors (Lipinski definition) is 3. The van der Waals surface area contributed by atoms with E-state index in [0.717, 1.165) is 0 Å². The fourth-order valence-corrected chi connectivity index (χ4v) is 4.15. The van der Waals surface area contributed by atoms with Gasteiger partial charge in [-0.05, 0) is 18.2 Å². The summed E-state index contributed by atoms with van der Waals surface area (Å²) in [5.41, 5.74) is 0.0165. The Kier molecular flexibility index (Phi) is 5.17. The number of aliphatic hydroxyl groups is 1. The average molecular weight is 426 g/mol. The van der Waals surface area contributed by atoms with Gasteiger partial charge in [0, 0.05) is 26.7 Å². The highest BCUT2D eigenvalue weighted by molar-refractivity contribution is 6.36. The quantitative estimate of drug-likeness (QED) is 0.585. The van der Waals surface area contributed by atoms with Crippen LogP contribution in [0.4, 0.5) is 5.69 Å². The van der Waals surface area contributed by atoms with Crippen LogP contribution < -0.4 is 4.90 Å². The molecule has 1 N–H and O–H groups in total. The summed E-state index contributed by atoms with van der Waals surface area (Å²) < 4.78 is 0. The fourth-order valence-electron chi connectivity index (χ4n) is 3.63. The normalized spacial score (nSPS) is 18.0. The molecule has 4 rings (SSSR count). The second-order valence-corrected chi connectivity index (χ2v) is 7.75. The minimum atomic E-state index is -1.95. The molecule has 0 radical (unpaired) electrons. The molecular formula is C23H17Cl2NO3. The molecule has 0 fully saturated rings. The standard InChI is InChI=1S/C23H17Cl2NO3/c24-18-10-6-11-19(25)16(18)14-26-20-12-5-4-9-17(20)23(29,22(26)28)13-21(27)15-7-2-1-3-8-15/h1-12,29H,13-14H2/t23-/m0/s1. The number of anilines is 1. The van der Waals surface area contributed by atoms with E-state index >= 15 is 0 Å². The number of benzene rings is 3. The number of nitrogens with zero attached hydrogens (tertiary/aromatic N) is 1. The predicted octanol–water partition coefficient (Wildman–Crippen LogP) is 5.00. The number of carbonyl (C=O) groups is 2. The van der Waals surface area contributed by atoms with Crippen molar-refractivity contribution in [3.05, 3.63) is 99.5 Å². The molecule has 1 amide bonds. The fraction of sp³-hybridized carbons (Fsp3) is 0.130. The monoisotopic (exact) mass is 425 g/mol. The molecule has 0 aliphatic carbocycles. The molecular weight excluding hydrogens is 409 g/mol. The van der Waals surface area contributed by atoms with Crippen LogP contribution in [-0.2, 0) is 16.9 Å². The molecule has 1 atom stereocenters. The second kappa shape index (κ2) is 7.64. The first-order chi connectivity index (χ1) is 13.9. The molecule has 29 heavy (non-hydrogen) atoms. The van der Waals surface area contributed by atoms with Crippen molar-refractivity contribution in [3.8, 4) is 0 Å². The average Bonchev–Trinajstić information content (AvgIpc) is 2.93. The maximum absolute atomic E-state index is 13.3. The summed E-state index contributed by atoms with van der Waals surface area (Å²) in [4.78, 5) is 27.5. The summed E-state index contributed by atoms with van der Waals surface area (Å²) in [5.74, 6) is -0.882. The van der Waals surface area contributed by atoms with Crippen molar-refractivity contribution in [3.63, 3.8) is 0 Å². The highest BCUT2D eigenvalue weighted by Crippen LogP contribution is 2.44. The zero-order valence-electron chi connectivity index (χ0n) is 15.3. The maximum atomic E-state index is 13.3. The Morgan fingerprint density at radius 1 is 0.897 bits per heavy atom. The van der Waals surface area contributed by atoms with E-state index < -0.39 is 11.5 Å². The van der Waals surface area contributed by atoms with E-state index in [0.29, 0.717) is 32.4 Å². The van der Waals surface area contributed by atoms with Crippen molar-refractivity contribution in [1.82, 2.24) is 0 Å². The lowest BCUT2D eigenvalue weighted by atomic mass is 9.88. The van der Waals surface area contributed by atoms with Gasteiger partial charge < -0.3 is 10.0 Å². The van der Waals surface area contributed by atoms with Gasteiger partial charge in [-0.1, -0.05) is 77.8 Å². The van der Waals surface area contributed by atoms with Gasteiger partial charge in [0.15, 0.2) is 11.4 Å². The van der Waals surface area contributed by atoms with E-state index in [1.54, 1.807) is 72.8 Å². The molecule has 0 aromatic heterocycles. The summed E-state index contributed by atoms with van der Waals surface area (Å²) in [7, 11) is 0. The number of rotatable bonds is 5. The summed E-state index contributed by atoms with van der Waals surface area (Å²) in [6.45, 7) is 0.0934. The topological polar surface area (TPSA) is 57.6 Å². The summed E-state index contributed by atoms with van der Waals surface area (Å²) in [6, 6.07) is 20.6. The van der Waals surface area contributed by atoms with Crippen LogP contribution in [0.15, 0.2) is 72.8 Å². The number of halogens is 2. The molecule has 0 saturated carbocycles. The van der Waals surface area contributed by atoms with E-state index in [-0.39, 0.29) is 18.7 Å². The first-order valence-electron chi connectivity index (χ1n) is 9.07. The van der Waals surface area contributed by atoms with Crippen LogP contribution in [0.1, 0.15) is 27.9 Å². The highest BCUT2D eigenvalue weighted by atomic mass is 35.5. The maximum Gasteiger partial charge on any atom is 0.264 e. The summed E-state index contributed by atoms with van der Waals surface area (Å²) >= 11 is 12.6. The van der Waals surface area contributed by atoms with Gasteiger partial charge in [0.25, 0.3) is 5.91 Å². The number of hydrogen-bond donors (Lipinski definition) is 1. The van der Waals surface area contributed by atoms with Gasteiger partial charge in [-0.25, -0.2) is 0 Å². The van der Waals surface area contributed by atoms with E-state index in [1.165, 1.54) is 4.90 Å². The Hall–Kier alpha value is -2.66. The highest BCUT2D eigenvalue weighted by Gasteiger charge is 2.50. The van der Waals surface area contributed by atoms with Crippen LogP contribution in [0.25, 0.3) is 0 Å². The van der Waals surface area contributed by atoms with Crippen LogP contribution in [0.3, 0.4) is 0 Å². The van der Waals surface area contributed by atoms with Crippen molar-refractivity contribution in [2.24, 2.45) is 0 Å². The van der Waals surface area contributed by atoms with Gasteiger partial charge in [-0.3, -0.25) is 9.59 Å². The molecule has 3 aromatic rings. The zero-order valence-corrected chi connectivity index (χ0v) is 16.8. The molecule has 3 aromatic carbocycles. The van der Waals surface area contributed by atoms with E-state index in [4.69, 9.17) is 23.2 Å². The molecule has 0 bridgehead atoms. The van der Waals surface area contributed by atoms with E-state index in [1.807, 2.05) is 0 Å². The molecule has 4 nitrogen and oxygen atoms in total. The van der Waals surface area contributed by atoms with Gasteiger partial charge >= 0.3 is 0 Å². The molecule has 6 heteroatoms. The SMILES string of the molecule is O=C(C[C@@]1(O)C(=O)N(Cc2c(Cl)cccc2Cl)c2ccccc21)c1ccccc1. The largest absolute Gasteiger partial charge is 0.375 e. The number of para-hydroxylation sites is 1. The number of carbonyl (C=O) groups excluding carboxylic acids is 2. The van der Waals surface area contributed by atoms with Crippen molar-refractivity contribution in [1.29, 1.82) is 0 Å². The summed E-state index contributed by atoms with van der Waals surface area (Å²) in [6.07, 6.45) is -0.348. The third-order valence-corrected chi connectivity index (χ3v) is 5.84. The lowest BCUT2D eigenvalue weighted by Crippen LogP contribution is -2.41. The molecule has 0 spiro atoms. The van der Waals surface area contributed by atoms with E-state index in [9.17, 15) is 14.7 Å². The van der Waals surface area contributed by atoms with Crippen LogP contribution in [0.5, 0.6) is 0 Å². The third-order valence-electron chi connectivity index (χ3n) is 5.13. The lowest BCUT2D eigenvalue weighted by Gasteiger charge is -2.23. The second-order valence-electron chi connectivity index (χ2n) is 6.93. The zero-order chi connectivity index (χ0) is 20.6. The van der Waals surface area contributed by atoms with Gasteiger partial charge in [0.1, 0.15) is 0 Å². The minimum Gasteiger partial charge on any atom is -0.375 e. The number of Topliss-reactive ketones (excluding diaryl/α,β-unsaturated/α-hetero) is 1. The predicted molar refractivity (Wildman–Crippen MR) is 113 cm³/mol. The molecule has 0 saturated heterocycles. The Bertz CT molecular complexity index is 1080. The van der Waals surface area contributed by atoms with Crippen molar-refractivity contribution < 1.29 is 14.7 Å². The molecule has 1 aliphatic rings. The molecule has 1 aliphatic heterocycles. The summed E-state index contributed by atoms with van der Waals surface area (Å²) in [5, 5.41) is 12.2. The smallest absolute Gasteiger partial charge is 0.264 e. The van der Waals surface area contributed by atoms with Gasteiger partial charge in [0.05, 0.1) is 18.7 Å². The third kappa shape index (κ3) is 3.44. The lowest BCUT2D eigenvalue weighted by molar-refractivity contribution is -0.136.